The van der Waals surface area contributed by atoms with Gasteiger partial charge in [-0.25, -0.2) is 0 Å². The minimum Gasteiger partial charge on any atom is -0.397 e. The van der Waals surface area contributed by atoms with E-state index in [0.717, 1.165) is 12.5 Å². The third-order valence-corrected chi connectivity index (χ3v) is 8.68. The molecule has 0 bridgehead atoms. The molecule has 0 saturated carbocycles. The molecule has 0 aliphatic heterocycles. The van der Waals surface area contributed by atoms with Crippen LogP contribution in [-0.4, -0.2) is 22.8 Å². The number of hydrogen-bond acceptors (Lipinski definition) is 2. The van der Waals surface area contributed by atoms with Crippen LogP contribution in [0.4, 0.5) is 0 Å². The summed E-state index contributed by atoms with van der Waals surface area (Å²) < 4.78 is 11.7. The number of unbranched alkanes of at least 4 members (excludes halogenated alkanes) is 3. The van der Waals surface area contributed by atoms with E-state index in [1.807, 2.05) is 14.2 Å². The molecule has 0 rings (SSSR count). The monoisotopic (exact) mass is 246 g/mol. The highest BCUT2D eigenvalue weighted by Crippen LogP contribution is 2.44. The standard InChI is InChI=1S/C13H30O2Si/c1-7-9-10-11-12-16(14-5,15-6)13(3,4)8-2/h7-12H2,1-6H3. The zero-order valence-corrected chi connectivity index (χ0v) is 13.1. The van der Waals surface area contributed by atoms with Gasteiger partial charge in [0.2, 0.25) is 0 Å². The second kappa shape index (κ2) is 7.46. The maximum atomic E-state index is 5.84. The molecule has 0 aromatic carbocycles. The molecule has 0 aliphatic rings. The molecule has 0 radical (unpaired) electrons. The van der Waals surface area contributed by atoms with E-state index >= 15 is 0 Å². The van der Waals surface area contributed by atoms with E-state index in [2.05, 4.69) is 27.7 Å². The molecule has 0 fully saturated rings. The average Bonchev–Trinajstić information content (AvgIpc) is 2.29. The van der Waals surface area contributed by atoms with Gasteiger partial charge in [0.25, 0.3) is 0 Å². The van der Waals surface area contributed by atoms with Crippen molar-refractivity contribution in [2.24, 2.45) is 0 Å². The minimum absolute atomic E-state index is 0.197. The first-order valence-electron chi connectivity index (χ1n) is 6.60. The van der Waals surface area contributed by atoms with Gasteiger partial charge in [-0.2, -0.15) is 0 Å². The number of rotatable bonds is 9. The van der Waals surface area contributed by atoms with E-state index in [1.54, 1.807) is 0 Å². The average molecular weight is 246 g/mol. The van der Waals surface area contributed by atoms with Gasteiger partial charge in [0.05, 0.1) is 0 Å². The molecule has 98 valence electrons. The Bertz CT molecular complexity index is 177. The van der Waals surface area contributed by atoms with Crippen LogP contribution in [0, 0.1) is 0 Å². The first kappa shape index (κ1) is 16.1. The van der Waals surface area contributed by atoms with Crippen molar-refractivity contribution in [2.75, 3.05) is 14.2 Å². The van der Waals surface area contributed by atoms with Crippen LogP contribution < -0.4 is 0 Å². The first-order valence-corrected chi connectivity index (χ1v) is 8.62. The van der Waals surface area contributed by atoms with Crippen molar-refractivity contribution in [1.29, 1.82) is 0 Å². The van der Waals surface area contributed by atoms with Crippen LogP contribution in [0.2, 0.25) is 11.1 Å². The third-order valence-electron chi connectivity index (χ3n) is 3.93. The Morgan fingerprint density at radius 1 is 0.938 bits per heavy atom. The molecular weight excluding hydrogens is 216 g/mol. The lowest BCUT2D eigenvalue weighted by atomic mass is 10.1. The lowest BCUT2D eigenvalue weighted by Crippen LogP contribution is -2.49. The molecular formula is C13H30O2Si. The topological polar surface area (TPSA) is 18.5 Å². The van der Waals surface area contributed by atoms with Crippen molar-refractivity contribution in [1.82, 2.24) is 0 Å². The molecule has 0 N–H and O–H groups in total. The van der Waals surface area contributed by atoms with Gasteiger partial charge >= 0.3 is 8.56 Å². The summed E-state index contributed by atoms with van der Waals surface area (Å²) in [7, 11) is 1.63. The lowest BCUT2D eigenvalue weighted by Gasteiger charge is -2.41. The van der Waals surface area contributed by atoms with Crippen LogP contribution in [0.1, 0.15) is 59.8 Å². The van der Waals surface area contributed by atoms with Gasteiger partial charge in [-0.3, -0.25) is 0 Å². The van der Waals surface area contributed by atoms with Gasteiger partial charge in [-0.05, 0) is 12.5 Å². The van der Waals surface area contributed by atoms with E-state index in [9.17, 15) is 0 Å². The molecule has 0 saturated heterocycles. The van der Waals surface area contributed by atoms with E-state index in [-0.39, 0.29) is 5.04 Å². The van der Waals surface area contributed by atoms with E-state index < -0.39 is 8.56 Å². The predicted molar refractivity (Wildman–Crippen MR) is 73.1 cm³/mol. The first-order chi connectivity index (χ1) is 7.49. The van der Waals surface area contributed by atoms with Crippen LogP contribution in [0.3, 0.4) is 0 Å². The fourth-order valence-electron chi connectivity index (χ4n) is 2.23. The molecule has 0 amide bonds. The van der Waals surface area contributed by atoms with E-state index in [0.29, 0.717) is 0 Å². The zero-order chi connectivity index (χ0) is 12.7. The van der Waals surface area contributed by atoms with Crippen molar-refractivity contribution in [3.05, 3.63) is 0 Å². The maximum Gasteiger partial charge on any atom is 0.343 e. The zero-order valence-electron chi connectivity index (χ0n) is 12.1. The Labute approximate surface area is 103 Å². The van der Waals surface area contributed by atoms with Crippen molar-refractivity contribution in [2.45, 2.75) is 70.9 Å². The van der Waals surface area contributed by atoms with E-state index in [4.69, 9.17) is 8.85 Å². The summed E-state index contributed by atoms with van der Waals surface area (Å²) in [5.41, 5.74) is 0. The molecule has 3 heteroatoms. The van der Waals surface area contributed by atoms with E-state index in [1.165, 1.54) is 25.7 Å². The predicted octanol–water partition coefficient (Wildman–Crippen LogP) is 4.49. The highest BCUT2D eigenvalue weighted by molar-refractivity contribution is 6.70. The number of hydrogen-bond donors (Lipinski definition) is 0. The molecule has 16 heavy (non-hydrogen) atoms. The Balaban J connectivity index is 4.44. The SMILES string of the molecule is CCCCCC[Si](OC)(OC)C(C)(C)CC. The van der Waals surface area contributed by atoms with Gasteiger partial charge < -0.3 is 8.85 Å². The third kappa shape index (κ3) is 3.86. The van der Waals surface area contributed by atoms with Crippen LogP contribution in [0.5, 0.6) is 0 Å². The maximum absolute atomic E-state index is 5.84. The second-order valence-corrected chi connectivity index (χ2v) is 9.39. The summed E-state index contributed by atoms with van der Waals surface area (Å²) >= 11 is 0. The van der Waals surface area contributed by atoms with Crippen LogP contribution in [-0.2, 0) is 8.85 Å². The molecule has 2 nitrogen and oxygen atoms in total. The molecule has 0 heterocycles. The highest BCUT2D eigenvalue weighted by atomic mass is 28.4. The second-order valence-electron chi connectivity index (χ2n) is 5.21. The Morgan fingerprint density at radius 2 is 1.50 bits per heavy atom. The van der Waals surface area contributed by atoms with Gasteiger partial charge in [0.15, 0.2) is 0 Å². The molecule has 0 aliphatic carbocycles. The lowest BCUT2D eigenvalue weighted by molar-refractivity contribution is 0.206. The molecule has 0 unspecified atom stereocenters. The van der Waals surface area contributed by atoms with Gasteiger partial charge in [-0.1, -0.05) is 53.4 Å². The van der Waals surface area contributed by atoms with Crippen molar-refractivity contribution in [3.8, 4) is 0 Å². The molecule has 0 spiro atoms. The Kier molecular flexibility index (Phi) is 7.52. The highest BCUT2D eigenvalue weighted by Gasteiger charge is 2.48. The summed E-state index contributed by atoms with van der Waals surface area (Å²) in [5.74, 6) is 0. The summed E-state index contributed by atoms with van der Waals surface area (Å²) in [6.07, 6.45) is 6.27. The molecule has 0 aromatic heterocycles. The molecule has 0 aromatic rings. The Hall–Kier alpha value is 0.137. The summed E-state index contributed by atoms with van der Waals surface area (Å²) in [6.45, 7) is 9.04. The van der Waals surface area contributed by atoms with Crippen LogP contribution in [0.15, 0.2) is 0 Å². The quantitative estimate of drug-likeness (QED) is 0.441. The van der Waals surface area contributed by atoms with Crippen molar-refractivity contribution in [3.63, 3.8) is 0 Å². The van der Waals surface area contributed by atoms with Crippen molar-refractivity contribution < 1.29 is 8.85 Å². The normalized spacial score (nSPS) is 13.1. The van der Waals surface area contributed by atoms with Gasteiger partial charge in [-0.15, -0.1) is 0 Å². The summed E-state index contributed by atoms with van der Waals surface area (Å²) in [4.78, 5) is 0. The van der Waals surface area contributed by atoms with Crippen LogP contribution >= 0.6 is 0 Å². The van der Waals surface area contributed by atoms with Gasteiger partial charge in [0, 0.05) is 19.3 Å². The summed E-state index contributed by atoms with van der Waals surface area (Å²) in [6, 6.07) is 1.13. The van der Waals surface area contributed by atoms with Crippen LogP contribution in [0.25, 0.3) is 0 Å². The fourth-order valence-corrected chi connectivity index (χ4v) is 5.84. The smallest absolute Gasteiger partial charge is 0.343 e. The van der Waals surface area contributed by atoms with Gasteiger partial charge in [0.1, 0.15) is 0 Å². The minimum atomic E-state index is -2.02. The summed E-state index contributed by atoms with van der Waals surface area (Å²) in [5, 5.41) is 0.197. The Morgan fingerprint density at radius 3 is 1.88 bits per heavy atom. The fraction of sp³-hybridized carbons (Fsp3) is 1.00. The molecule has 0 atom stereocenters. The van der Waals surface area contributed by atoms with Crippen molar-refractivity contribution >= 4 is 8.56 Å². The largest absolute Gasteiger partial charge is 0.397 e.